The summed E-state index contributed by atoms with van der Waals surface area (Å²) < 4.78 is 10.2. The molecule has 0 saturated carbocycles. The number of ether oxygens (including phenoxy) is 2. The van der Waals surface area contributed by atoms with E-state index < -0.39 is 0 Å². The van der Waals surface area contributed by atoms with Crippen molar-refractivity contribution in [2.24, 2.45) is 0 Å². The van der Waals surface area contributed by atoms with E-state index in [1.807, 2.05) is 0 Å². The second kappa shape index (κ2) is 5.19. The number of carbonyl (C=O) groups is 1. The fraction of sp³-hybridized carbons (Fsp3) is 0.889. The largest absolute Gasteiger partial charge is 0.376 e. The lowest BCUT2D eigenvalue weighted by Crippen LogP contribution is -2.38. The molecule has 1 saturated heterocycles. The molecule has 4 nitrogen and oxygen atoms in total. The average Bonchev–Trinajstić information content (AvgIpc) is 2.65. The zero-order valence-electron chi connectivity index (χ0n) is 8.21. The number of rotatable bonds is 4. The molecule has 0 radical (unpaired) electrons. The van der Waals surface area contributed by atoms with Gasteiger partial charge < -0.3 is 14.8 Å². The van der Waals surface area contributed by atoms with Crippen LogP contribution in [0.1, 0.15) is 19.8 Å². The van der Waals surface area contributed by atoms with Gasteiger partial charge in [0, 0.05) is 20.3 Å². The summed E-state index contributed by atoms with van der Waals surface area (Å²) in [7, 11) is 1.52. The molecule has 0 aromatic carbocycles. The van der Waals surface area contributed by atoms with E-state index in [0.29, 0.717) is 6.54 Å². The van der Waals surface area contributed by atoms with Gasteiger partial charge in [-0.1, -0.05) is 0 Å². The van der Waals surface area contributed by atoms with E-state index in [4.69, 9.17) is 9.47 Å². The number of nitrogens with one attached hydrogen (secondary N) is 1. The maximum atomic E-state index is 11.2. The number of hydrogen-bond acceptors (Lipinski definition) is 3. The average molecular weight is 187 g/mol. The molecule has 1 fully saturated rings. The van der Waals surface area contributed by atoms with Crippen molar-refractivity contribution in [3.05, 3.63) is 0 Å². The highest BCUT2D eigenvalue weighted by molar-refractivity contribution is 5.80. The summed E-state index contributed by atoms with van der Waals surface area (Å²) in [5.74, 6) is -0.0713. The van der Waals surface area contributed by atoms with Crippen LogP contribution in [0, 0.1) is 0 Å². The predicted molar refractivity (Wildman–Crippen MR) is 48.5 cm³/mol. The molecule has 1 amide bonds. The molecule has 4 heteroatoms. The van der Waals surface area contributed by atoms with Gasteiger partial charge in [-0.15, -0.1) is 0 Å². The van der Waals surface area contributed by atoms with Crippen molar-refractivity contribution in [3.63, 3.8) is 0 Å². The monoisotopic (exact) mass is 187 g/mol. The van der Waals surface area contributed by atoms with Gasteiger partial charge in [0.1, 0.15) is 6.10 Å². The Balaban J connectivity index is 2.13. The summed E-state index contributed by atoms with van der Waals surface area (Å²) in [6.07, 6.45) is 1.97. The Morgan fingerprint density at radius 2 is 2.54 bits per heavy atom. The first kappa shape index (κ1) is 10.5. The fourth-order valence-electron chi connectivity index (χ4n) is 1.27. The molecule has 0 spiro atoms. The van der Waals surface area contributed by atoms with E-state index in [0.717, 1.165) is 19.4 Å². The maximum absolute atomic E-state index is 11.2. The number of carbonyl (C=O) groups excluding carboxylic acids is 1. The van der Waals surface area contributed by atoms with E-state index in [1.165, 1.54) is 7.11 Å². The number of hydrogen-bond donors (Lipinski definition) is 1. The Hall–Kier alpha value is -0.610. The first-order chi connectivity index (χ1) is 6.24. The lowest BCUT2D eigenvalue weighted by atomic mass is 10.2. The summed E-state index contributed by atoms with van der Waals surface area (Å²) in [6.45, 7) is 3.15. The quantitative estimate of drug-likeness (QED) is 0.689. The third kappa shape index (κ3) is 3.32. The SMILES string of the molecule is COC(C)C(=O)NCC1CCCO1. The number of amides is 1. The van der Waals surface area contributed by atoms with Crippen LogP contribution in [-0.4, -0.2) is 38.4 Å². The smallest absolute Gasteiger partial charge is 0.248 e. The second-order valence-corrected chi connectivity index (χ2v) is 3.26. The molecule has 1 N–H and O–H groups in total. The third-order valence-electron chi connectivity index (χ3n) is 2.25. The molecule has 1 rings (SSSR count). The van der Waals surface area contributed by atoms with Crippen LogP contribution in [0.5, 0.6) is 0 Å². The van der Waals surface area contributed by atoms with Crippen molar-refractivity contribution in [3.8, 4) is 0 Å². The molecular weight excluding hydrogens is 170 g/mol. The van der Waals surface area contributed by atoms with Crippen molar-refractivity contribution in [2.45, 2.75) is 32.0 Å². The van der Waals surface area contributed by atoms with Crippen molar-refractivity contribution in [1.29, 1.82) is 0 Å². The van der Waals surface area contributed by atoms with Crippen molar-refractivity contribution in [1.82, 2.24) is 5.32 Å². The fourth-order valence-corrected chi connectivity index (χ4v) is 1.27. The Morgan fingerprint density at radius 3 is 3.08 bits per heavy atom. The van der Waals surface area contributed by atoms with Gasteiger partial charge in [0.25, 0.3) is 0 Å². The highest BCUT2D eigenvalue weighted by atomic mass is 16.5. The van der Waals surface area contributed by atoms with Crippen molar-refractivity contribution < 1.29 is 14.3 Å². The van der Waals surface area contributed by atoms with Gasteiger partial charge in [-0.05, 0) is 19.8 Å². The van der Waals surface area contributed by atoms with Crippen LogP contribution < -0.4 is 5.32 Å². The zero-order valence-corrected chi connectivity index (χ0v) is 8.21. The summed E-state index contributed by atoms with van der Waals surface area (Å²) in [5, 5.41) is 2.79. The molecule has 2 atom stereocenters. The minimum atomic E-state index is -0.374. The van der Waals surface area contributed by atoms with E-state index in [-0.39, 0.29) is 18.1 Å². The Morgan fingerprint density at radius 1 is 1.77 bits per heavy atom. The van der Waals surface area contributed by atoms with Gasteiger partial charge >= 0.3 is 0 Å². The molecule has 13 heavy (non-hydrogen) atoms. The van der Waals surface area contributed by atoms with Crippen LogP contribution in [0.15, 0.2) is 0 Å². The third-order valence-corrected chi connectivity index (χ3v) is 2.25. The molecular formula is C9H17NO3. The molecule has 76 valence electrons. The Bertz CT molecular complexity index is 166. The van der Waals surface area contributed by atoms with Crippen LogP contribution in [0.2, 0.25) is 0 Å². The topological polar surface area (TPSA) is 47.6 Å². The molecule has 0 aromatic rings. The standard InChI is InChI=1S/C9H17NO3/c1-7(12-2)9(11)10-6-8-4-3-5-13-8/h7-8H,3-6H2,1-2H3,(H,10,11). The summed E-state index contributed by atoms with van der Waals surface area (Å²) in [4.78, 5) is 11.2. The normalized spacial score (nSPS) is 24.3. The minimum absolute atomic E-state index is 0.0713. The Kier molecular flexibility index (Phi) is 4.18. The van der Waals surface area contributed by atoms with Gasteiger partial charge in [0.05, 0.1) is 6.10 Å². The summed E-state index contributed by atoms with van der Waals surface area (Å²) in [5.41, 5.74) is 0. The van der Waals surface area contributed by atoms with Crippen LogP contribution in [0.3, 0.4) is 0 Å². The lowest BCUT2D eigenvalue weighted by molar-refractivity contribution is -0.130. The van der Waals surface area contributed by atoms with Gasteiger partial charge in [-0.2, -0.15) is 0 Å². The highest BCUT2D eigenvalue weighted by Crippen LogP contribution is 2.10. The van der Waals surface area contributed by atoms with Crippen LogP contribution in [0.4, 0.5) is 0 Å². The van der Waals surface area contributed by atoms with E-state index in [9.17, 15) is 4.79 Å². The van der Waals surface area contributed by atoms with Crippen molar-refractivity contribution >= 4 is 5.91 Å². The lowest BCUT2D eigenvalue weighted by Gasteiger charge is -2.13. The van der Waals surface area contributed by atoms with Crippen LogP contribution in [0.25, 0.3) is 0 Å². The summed E-state index contributed by atoms with van der Waals surface area (Å²) in [6, 6.07) is 0. The van der Waals surface area contributed by atoms with E-state index in [2.05, 4.69) is 5.32 Å². The first-order valence-corrected chi connectivity index (χ1v) is 4.66. The molecule has 0 aromatic heterocycles. The van der Waals surface area contributed by atoms with Crippen molar-refractivity contribution in [2.75, 3.05) is 20.3 Å². The van der Waals surface area contributed by atoms with Crippen LogP contribution in [-0.2, 0) is 14.3 Å². The van der Waals surface area contributed by atoms with E-state index in [1.54, 1.807) is 6.92 Å². The zero-order chi connectivity index (χ0) is 9.68. The first-order valence-electron chi connectivity index (χ1n) is 4.66. The summed E-state index contributed by atoms with van der Waals surface area (Å²) >= 11 is 0. The Labute approximate surface area is 78.6 Å². The van der Waals surface area contributed by atoms with E-state index >= 15 is 0 Å². The van der Waals surface area contributed by atoms with Gasteiger partial charge in [0.2, 0.25) is 5.91 Å². The maximum Gasteiger partial charge on any atom is 0.248 e. The molecule has 1 aliphatic rings. The molecule has 1 heterocycles. The second-order valence-electron chi connectivity index (χ2n) is 3.26. The van der Waals surface area contributed by atoms with Crippen LogP contribution >= 0.6 is 0 Å². The molecule has 0 bridgehead atoms. The highest BCUT2D eigenvalue weighted by Gasteiger charge is 2.17. The number of methoxy groups -OCH3 is 1. The van der Waals surface area contributed by atoms with Gasteiger partial charge in [-0.25, -0.2) is 0 Å². The van der Waals surface area contributed by atoms with Gasteiger partial charge in [0.15, 0.2) is 0 Å². The molecule has 2 unspecified atom stereocenters. The minimum Gasteiger partial charge on any atom is -0.376 e. The predicted octanol–water partition coefficient (Wildman–Crippen LogP) is 0.316. The molecule has 0 aliphatic carbocycles. The van der Waals surface area contributed by atoms with Gasteiger partial charge in [-0.3, -0.25) is 4.79 Å². The molecule has 1 aliphatic heterocycles.